The lowest BCUT2D eigenvalue weighted by Gasteiger charge is -2.25. The maximum atomic E-state index is 5.82. The van der Waals surface area contributed by atoms with E-state index in [-0.39, 0.29) is 0 Å². The Labute approximate surface area is 156 Å². The van der Waals surface area contributed by atoms with Gasteiger partial charge in [-0.25, -0.2) is 0 Å². The van der Waals surface area contributed by atoms with E-state index in [0.29, 0.717) is 6.61 Å². The molecule has 0 aliphatic heterocycles. The molecule has 0 fully saturated rings. The summed E-state index contributed by atoms with van der Waals surface area (Å²) >= 11 is 0. The van der Waals surface area contributed by atoms with Gasteiger partial charge in [-0.1, -0.05) is 48.5 Å². The van der Waals surface area contributed by atoms with Gasteiger partial charge in [0.1, 0.15) is 12.4 Å². The lowest BCUT2D eigenvalue weighted by molar-refractivity contribution is 0.261. The first-order valence-electron chi connectivity index (χ1n) is 8.96. The van der Waals surface area contributed by atoms with Crippen molar-refractivity contribution in [2.75, 3.05) is 32.1 Å². The Morgan fingerprint density at radius 3 is 1.88 bits per heavy atom. The van der Waals surface area contributed by atoms with Crippen LogP contribution in [-0.2, 0) is 6.54 Å². The third-order valence-corrected chi connectivity index (χ3v) is 4.21. The van der Waals surface area contributed by atoms with E-state index in [1.54, 1.807) is 0 Å². The van der Waals surface area contributed by atoms with Crippen molar-refractivity contribution in [2.45, 2.75) is 6.54 Å². The fraction of sp³-hybridized carbons (Fsp3) is 0.217. The summed E-state index contributed by atoms with van der Waals surface area (Å²) in [6, 6.07) is 29.4. The highest BCUT2D eigenvalue weighted by atomic mass is 16.5. The Hall–Kier alpha value is -2.78. The Bertz CT molecular complexity index is 770. The largest absolute Gasteiger partial charge is 0.492 e. The van der Waals surface area contributed by atoms with E-state index in [1.807, 2.05) is 32.3 Å². The molecule has 3 aromatic carbocycles. The number of likely N-dealkylation sites (N-methyl/N-ethyl adjacent to an activating group) is 1. The Morgan fingerprint density at radius 2 is 1.27 bits per heavy atom. The summed E-state index contributed by atoms with van der Waals surface area (Å²) < 4.78 is 5.82. The van der Waals surface area contributed by atoms with Gasteiger partial charge >= 0.3 is 0 Å². The van der Waals surface area contributed by atoms with E-state index in [2.05, 4.69) is 76.5 Å². The van der Waals surface area contributed by atoms with Gasteiger partial charge in [0.05, 0.1) is 0 Å². The summed E-state index contributed by atoms with van der Waals surface area (Å²) in [7, 11) is 4.10. The van der Waals surface area contributed by atoms with Gasteiger partial charge in [-0.2, -0.15) is 0 Å². The van der Waals surface area contributed by atoms with E-state index < -0.39 is 0 Å². The number of benzene rings is 3. The SMILES string of the molecule is CN(C)CCOc1ccc(N(Cc2ccccc2)c2ccccc2)cc1. The minimum Gasteiger partial charge on any atom is -0.492 e. The third kappa shape index (κ3) is 5.11. The monoisotopic (exact) mass is 346 g/mol. The summed E-state index contributed by atoms with van der Waals surface area (Å²) in [6.07, 6.45) is 0. The second kappa shape index (κ2) is 9.07. The van der Waals surface area contributed by atoms with E-state index in [9.17, 15) is 0 Å². The topological polar surface area (TPSA) is 15.7 Å². The molecular weight excluding hydrogens is 320 g/mol. The highest BCUT2D eigenvalue weighted by Gasteiger charge is 2.10. The van der Waals surface area contributed by atoms with Crippen molar-refractivity contribution < 1.29 is 4.74 Å². The Kier molecular flexibility index (Phi) is 6.29. The minimum atomic E-state index is 0.693. The predicted molar refractivity (Wildman–Crippen MR) is 109 cm³/mol. The Balaban J connectivity index is 1.78. The van der Waals surface area contributed by atoms with Crippen LogP contribution in [0.1, 0.15) is 5.56 Å². The number of ether oxygens (including phenoxy) is 1. The van der Waals surface area contributed by atoms with Crippen LogP contribution in [0.15, 0.2) is 84.9 Å². The lowest BCUT2D eigenvalue weighted by atomic mass is 10.1. The smallest absolute Gasteiger partial charge is 0.119 e. The van der Waals surface area contributed by atoms with Crippen LogP contribution in [0.25, 0.3) is 0 Å². The third-order valence-electron chi connectivity index (χ3n) is 4.21. The van der Waals surface area contributed by atoms with Gasteiger partial charge in [-0.05, 0) is 56.1 Å². The standard InChI is InChI=1S/C23H26N2O/c1-24(2)17-18-26-23-15-13-22(14-16-23)25(21-11-7-4-8-12-21)19-20-9-5-3-6-10-20/h3-16H,17-19H2,1-2H3. The predicted octanol–water partition coefficient (Wildman–Crippen LogP) is 4.97. The molecule has 3 aromatic rings. The van der Waals surface area contributed by atoms with Crippen molar-refractivity contribution >= 4 is 11.4 Å². The van der Waals surface area contributed by atoms with Crippen LogP contribution in [0.2, 0.25) is 0 Å². The molecule has 0 radical (unpaired) electrons. The number of nitrogens with zero attached hydrogens (tertiary/aromatic N) is 2. The van der Waals surface area contributed by atoms with Crippen LogP contribution in [0.4, 0.5) is 11.4 Å². The quantitative estimate of drug-likeness (QED) is 0.573. The number of hydrogen-bond donors (Lipinski definition) is 0. The Morgan fingerprint density at radius 1 is 0.692 bits per heavy atom. The van der Waals surface area contributed by atoms with Crippen LogP contribution in [-0.4, -0.2) is 32.1 Å². The lowest BCUT2D eigenvalue weighted by Crippen LogP contribution is -2.19. The fourth-order valence-electron chi connectivity index (χ4n) is 2.77. The molecule has 0 aromatic heterocycles. The molecule has 0 saturated carbocycles. The van der Waals surface area contributed by atoms with Gasteiger partial charge < -0.3 is 14.5 Å². The molecule has 0 atom stereocenters. The summed E-state index contributed by atoms with van der Waals surface area (Å²) in [5.74, 6) is 0.906. The highest BCUT2D eigenvalue weighted by molar-refractivity contribution is 5.64. The minimum absolute atomic E-state index is 0.693. The molecule has 0 N–H and O–H groups in total. The molecule has 0 aliphatic carbocycles. The van der Waals surface area contributed by atoms with Crippen LogP contribution in [0, 0.1) is 0 Å². The van der Waals surface area contributed by atoms with Gasteiger partial charge in [-0.15, -0.1) is 0 Å². The molecule has 0 heterocycles. The molecule has 0 saturated heterocycles. The number of hydrogen-bond acceptors (Lipinski definition) is 3. The molecular formula is C23H26N2O. The first kappa shape index (κ1) is 18.0. The highest BCUT2D eigenvalue weighted by Crippen LogP contribution is 2.29. The van der Waals surface area contributed by atoms with Crippen molar-refractivity contribution in [2.24, 2.45) is 0 Å². The molecule has 26 heavy (non-hydrogen) atoms. The average molecular weight is 346 g/mol. The second-order valence-electron chi connectivity index (χ2n) is 6.55. The van der Waals surface area contributed by atoms with Gasteiger partial charge in [0.2, 0.25) is 0 Å². The molecule has 0 unspecified atom stereocenters. The molecule has 3 nitrogen and oxygen atoms in total. The van der Waals surface area contributed by atoms with Crippen molar-refractivity contribution in [3.8, 4) is 5.75 Å². The van der Waals surface area contributed by atoms with Gasteiger partial charge in [0.15, 0.2) is 0 Å². The molecule has 3 rings (SSSR count). The van der Waals surface area contributed by atoms with Gasteiger partial charge in [0, 0.05) is 24.5 Å². The summed E-state index contributed by atoms with van der Waals surface area (Å²) in [4.78, 5) is 4.43. The average Bonchev–Trinajstić information content (AvgIpc) is 2.68. The van der Waals surface area contributed by atoms with Crippen molar-refractivity contribution in [1.29, 1.82) is 0 Å². The van der Waals surface area contributed by atoms with Crippen LogP contribution in [0.3, 0.4) is 0 Å². The van der Waals surface area contributed by atoms with Crippen LogP contribution in [0.5, 0.6) is 5.75 Å². The van der Waals surface area contributed by atoms with E-state index in [4.69, 9.17) is 4.74 Å². The maximum Gasteiger partial charge on any atom is 0.119 e. The molecule has 0 bridgehead atoms. The van der Waals surface area contributed by atoms with Crippen LogP contribution < -0.4 is 9.64 Å². The van der Waals surface area contributed by atoms with Crippen molar-refractivity contribution in [3.63, 3.8) is 0 Å². The summed E-state index contributed by atoms with van der Waals surface area (Å²) in [5, 5.41) is 0. The van der Waals surface area contributed by atoms with E-state index in [0.717, 1.165) is 24.5 Å². The van der Waals surface area contributed by atoms with E-state index in [1.165, 1.54) is 11.3 Å². The van der Waals surface area contributed by atoms with Crippen molar-refractivity contribution in [1.82, 2.24) is 4.90 Å². The van der Waals surface area contributed by atoms with Gasteiger partial charge in [-0.3, -0.25) is 0 Å². The normalized spacial score (nSPS) is 10.7. The summed E-state index contributed by atoms with van der Waals surface area (Å²) in [6.45, 7) is 2.43. The molecule has 0 aliphatic rings. The first-order valence-corrected chi connectivity index (χ1v) is 8.96. The number of rotatable bonds is 8. The molecule has 3 heteroatoms. The zero-order valence-electron chi connectivity index (χ0n) is 15.5. The molecule has 0 spiro atoms. The molecule has 134 valence electrons. The second-order valence-corrected chi connectivity index (χ2v) is 6.55. The zero-order valence-corrected chi connectivity index (χ0v) is 15.5. The fourth-order valence-corrected chi connectivity index (χ4v) is 2.77. The number of anilines is 2. The number of para-hydroxylation sites is 1. The van der Waals surface area contributed by atoms with Gasteiger partial charge in [0.25, 0.3) is 0 Å². The van der Waals surface area contributed by atoms with E-state index >= 15 is 0 Å². The zero-order chi connectivity index (χ0) is 18.2. The van der Waals surface area contributed by atoms with Crippen LogP contribution >= 0.6 is 0 Å². The summed E-state index contributed by atoms with van der Waals surface area (Å²) in [5.41, 5.74) is 3.61. The van der Waals surface area contributed by atoms with Crippen molar-refractivity contribution in [3.05, 3.63) is 90.5 Å². The first-order chi connectivity index (χ1) is 12.7. The molecule has 0 amide bonds. The maximum absolute atomic E-state index is 5.82.